The Hall–Kier alpha value is -0.370. The maximum atomic E-state index is 11.5. The van der Waals surface area contributed by atoms with Crippen molar-refractivity contribution in [3.05, 3.63) is 0 Å². The van der Waals surface area contributed by atoms with Gasteiger partial charge in [0, 0.05) is 12.5 Å². The summed E-state index contributed by atoms with van der Waals surface area (Å²) in [6.07, 6.45) is 2.95. The van der Waals surface area contributed by atoms with Crippen LogP contribution in [0.3, 0.4) is 0 Å². The van der Waals surface area contributed by atoms with Gasteiger partial charge in [0.25, 0.3) is 0 Å². The van der Waals surface area contributed by atoms with Crippen LogP contribution in [0, 0.1) is 0 Å². The van der Waals surface area contributed by atoms with Crippen LogP contribution in [0.4, 0.5) is 0 Å². The molecule has 0 aromatic rings. The molecule has 0 aliphatic carbocycles. The lowest BCUT2D eigenvalue weighted by atomic mass is 10.1. The Morgan fingerprint density at radius 1 is 1.58 bits per heavy atom. The summed E-state index contributed by atoms with van der Waals surface area (Å²) in [4.78, 5) is 13.8. The molecule has 0 N–H and O–H groups in total. The van der Waals surface area contributed by atoms with Gasteiger partial charge in [-0.15, -0.1) is 0 Å². The standard InChI is InChI=1S/C10H19NO/c1-4-10(12)9-6-5-7-11(9)8(2)3/h8-9H,4-7H2,1-3H3/t9-/m0/s1. The monoisotopic (exact) mass is 169 g/mol. The normalized spacial score (nSPS) is 25.2. The number of Topliss-reactive ketones (excluding diaryl/α,β-unsaturated/α-hetero) is 1. The van der Waals surface area contributed by atoms with Gasteiger partial charge in [0.1, 0.15) is 5.78 Å². The third kappa shape index (κ3) is 1.86. The molecular weight excluding hydrogens is 150 g/mol. The molecule has 0 saturated carbocycles. The molecule has 1 rings (SSSR count). The van der Waals surface area contributed by atoms with Crippen LogP contribution < -0.4 is 0 Å². The predicted octanol–water partition coefficient (Wildman–Crippen LogP) is 1.84. The van der Waals surface area contributed by atoms with Gasteiger partial charge in [0.05, 0.1) is 6.04 Å². The summed E-state index contributed by atoms with van der Waals surface area (Å²) in [6.45, 7) is 7.40. The summed E-state index contributed by atoms with van der Waals surface area (Å²) < 4.78 is 0. The van der Waals surface area contributed by atoms with Crippen LogP contribution in [-0.2, 0) is 4.79 Å². The second kappa shape index (κ2) is 4.04. The minimum Gasteiger partial charge on any atom is -0.298 e. The van der Waals surface area contributed by atoms with E-state index >= 15 is 0 Å². The zero-order chi connectivity index (χ0) is 9.14. The minimum atomic E-state index is 0.231. The number of likely N-dealkylation sites (tertiary alicyclic amines) is 1. The predicted molar refractivity (Wildman–Crippen MR) is 50.2 cm³/mol. The van der Waals surface area contributed by atoms with Crippen LogP contribution in [0.1, 0.15) is 40.0 Å². The lowest BCUT2D eigenvalue weighted by Gasteiger charge is -2.26. The molecule has 70 valence electrons. The summed E-state index contributed by atoms with van der Waals surface area (Å²) in [6, 6.07) is 0.753. The Kier molecular flexibility index (Phi) is 3.27. The SMILES string of the molecule is CCC(=O)[C@@H]1CCCN1C(C)C. The van der Waals surface area contributed by atoms with Crippen molar-refractivity contribution in [2.24, 2.45) is 0 Å². The molecule has 1 fully saturated rings. The van der Waals surface area contributed by atoms with E-state index in [1.165, 1.54) is 6.42 Å². The fraction of sp³-hybridized carbons (Fsp3) is 0.900. The number of ketones is 1. The number of carbonyl (C=O) groups is 1. The highest BCUT2D eigenvalue weighted by Crippen LogP contribution is 2.21. The van der Waals surface area contributed by atoms with Gasteiger partial charge in [-0.2, -0.15) is 0 Å². The molecule has 1 saturated heterocycles. The van der Waals surface area contributed by atoms with Crippen LogP contribution in [-0.4, -0.2) is 29.3 Å². The van der Waals surface area contributed by atoms with Gasteiger partial charge in [-0.25, -0.2) is 0 Å². The van der Waals surface area contributed by atoms with E-state index in [9.17, 15) is 4.79 Å². The van der Waals surface area contributed by atoms with Gasteiger partial charge in [0.2, 0.25) is 0 Å². The molecule has 0 aromatic heterocycles. The van der Waals surface area contributed by atoms with Crippen molar-refractivity contribution in [3.63, 3.8) is 0 Å². The number of hydrogen-bond acceptors (Lipinski definition) is 2. The van der Waals surface area contributed by atoms with Crippen LogP contribution in [0.2, 0.25) is 0 Å². The van der Waals surface area contributed by atoms with Crippen molar-refractivity contribution in [1.29, 1.82) is 0 Å². The summed E-state index contributed by atoms with van der Waals surface area (Å²) >= 11 is 0. The van der Waals surface area contributed by atoms with E-state index in [-0.39, 0.29) is 6.04 Å². The van der Waals surface area contributed by atoms with E-state index in [4.69, 9.17) is 0 Å². The fourth-order valence-corrected chi connectivity index (χ4v) is 1.99. The van der Waals surface area contributed by atoms with Crippen molar-refractivity contribution < 1.29 is 4.79 Å². The molecule has 1 atom stereocenters. The second-order valence-corrected chi connectivity index (χ2v) is 3.81. The van der Waals surface area contributed by atoms with E-state index < -0.39 is 0 Å². The smallest absolute Gasteiger partial charge is 0.149 e. The highest BCUT2D eigenvalue weighted by atomic mass is 16.1. The third-order valence-electron chi connectivity index (χ3n) is 2.68. The van der Waals surface area contributed by atoms with Crippen molar-refractivity contribution in [3.8, 4) is 0 Å². The van der Waals surface area contributed by atoms with Gasteiger partial charge >= 0.3 is 0 Å². The summed E-state index contributed by atoms with van der Waals surface area (Å²) in [5, 5.41) is 0. The Morgan fingerprint density at radius 3 is 2.75 bits per heavy atom. The van der Waals surface area contributed by atoms with Crippen molar-refractivity contribution in [2.45, 2.75) is 52.1 Å². The maximum Gasteiger partial charge on any atom is 0.149 e. The van der Waals surface area contributed by atoms with Crippen LogP contribution >= 0.6 is 0 Å². The van der Waals surface area contributed by atoms with Crippen molar-refractivity contribution in [2.75, 3.05) is 6.54 Å². The van der Waals surface area contributed by atoms with Gasteiger partial charge in [-0.1, -0.05) is 6.92 Å². The molecule has 0 radical (unpaired) electrons. The van der Waals surface area contributed by atoms with Crippen LogP contribution in [0.5, 0.6) is 0 Å². The number of hydrogen-bond donors (Lipinski definition) is 0. The van der Waals surface area contributed by atoms with Crippen molar-refractivity contribution in [1.82, 2.24) is 4.90 Å². The fourth-order valence-electron chi connectivity index (χ4n) is 1.99. The Bertz CT molecular complexity index is 165. The lowest BCUT2D eigenvalue weighted by molar-refractivity contribution is -0.123. The number of carbonyl (C=O) groups excluding carboxylic acids is 1. The molecule has 0 aromatic carbocycles. The van der Waals surface area contributed by atoms with Gasteiger partial charge < -0.3 is 0 Å². The molecule has 0 amide bonds. The largest absolute Gasteiger partial charge is 0.298 e. The van der Waals surface area contributed by atoms with Crippen LogP contribution in [0.15, 0.2) is 0 Å². The summed E-state index contributed by atoms with van der Waals surface area (Å²) in [5.41, 5.74) is 0. The van der Waals surface area contributed by atoms with E-state index in [0.717, 1.165) is 13.0 Å². The highest BCUT2D eigenvalue weighted by Gasteiger charge is 2.30. The Balaban J connectivity index is 2.57. The Labute approximate surface area is 74.9 Å². The molecule has 1 aliphatic rings. The molecule has 0 spiro atoms. The molecule has 1 aliphatic heterocycles. The number of rotatable bonds is 3. The average Bonchev–Trinajstić information content (AvgIpc) is 2.50. The van der Waals surface area contributed by atoms with Gasteiger partial charge in [-0.05, 0) is 33.2 Å². The zero-order valence-corrected chi connectivity index (χ0v) is 8.34. The molecule has 12 heavy (non-hydrogen) atoms. The average molecular weight is 169 g/mol. The van der Waals surface area contributed by atoms with Crippen LogP contribution in [0.25, 0.3) is 0 Å². The molecule has 2 nitrogen and oxygen atoms in total. The number of nitrogens with zero attached hydrogens (tertiary/aromatic N) is 1. The first-order chi connectivity index (χ1) is 5.66. The quantitative estimate of drug-likeness (QED) is 0.642. The lowest BCUT2D eigenvalue weighted by Crippen LogP contribution is -2.40. The first-order valence-corrected chi connectivity index (χ1v) is 4.95. The van der Waals surface area contributed by atoms with Crippen molar-refractivity contribution >= 4 is 5.78 Å². The maximum absolute atomic E-state index is 11.5. The van der Waals surface area contributed by atoms with E-state index in [1.807, 2.05) is 6.92 Å². The summed E-state index contributed by atoms with van der Waals surface area (Å²) in [5.74, 6) is 0.418. The van der Waals surface area contributed by atoms with Gasteiger partial charge in [-0.3, -0.25) is 9.69 Å². The topological polar surface area (TPSA) is 20.3 Å². The van der Waals surface area contributed by atoms with Gasteiger partial charge in [0.15, 0.2) is 0 Å². The van der Waals surface area contributed by atoms with E-state index in [2.05, 4.69) is 18.7 Å². The first kappa shape index (κ1) is 9.72. The Morgan fingerprint density at radius 2 is 2.25 bits per heavy atom. The molecule has 1 heterocycles. The molecule has 2 heteroatoms. The highest BCUT2D eigenvalue weighted by molar-refractivity contribution is 5.84. The second-order valence-electron chi connectivity index (χ2n) is 3.81. The zero-order valence-electron chi connectivity index (χ0n) is 8.34. The third-order valence-corrected chi connectivity index (χ3v) is 2.68. The summed E-state index contributed by atoms with van der Waals surface area (Å²) in [7, 11) is 0. The van der Waals surface area contributed by atoms with E-state index in [1.54, 1.807) is 0 Å². The molecule has 0 bridgehead atoms. The molecular formula is C10H19NO. The molecule has 0 unspecified atom stereocenters. The minimum absolute atomic E-state index is 0.231. The first-order valence-electron chi connectivity index (χ1n) is 4.95. The van der Waals surface area contributed by atoms with E-state index in [0.29, 0.717) is 18.2 Å².